The minimum Gasteiger partial charge on any atom is -0.368 e. The molecular formula is C9H15N5O4S. The Labute approximate surface area is 110 Å². The number of hydrogen-bond donors (Lipinski definition) is 2. The Balaban J connectivity index is 2.80. The highest BCUT2D eigenvalue weighted by atomic mass is 32.2. The Morgan fingerprint density at radius 1 is 1.42 bits per heavy atom. The molecule has 0 aromatic carbocycles. The van der Waals surface area contributed by atoms with Crippen molar-refractivity contribution in [2.45, 2.75) is 13.3 Å². The highest BCUT2D eigenvalue weighted by molar-refractivity contribution is 7.90. The second-order valence-electron chi connectivity index (χ2n) is 4.03. The van der Waals surface area contributed by atoms with Gasteiger partial charge in [-0.2, -0.15) is 4.98 Å². The first-order chi connectivity index (χ1) is 8.70. The second-order valence-corrected chi connectivity index (χ2v) is 6.29. The fraction of sp³-hybridized carbons (Fsp3) is 0.556. The van der Waals surface area contributed by atoms with Crippen LogP contribution in [0.1, 0.15) is 12.1 Å². The monoisotopic (exact) mass is 289 g/mol. The molecule has 1 aromatic heterocycles. The van der Waals surface area contributed by atoms with Gasteiger partial charge < -0.3 is 11.1 Å². The van der Waals surface area contributed by atoms with Crippen LogP contribution in [-0.2, 0) is 9.84 Å². The van der Waals surface area contributed by atoms with Crippen molar-refractivity contribution < 1.29 is 13.3 Å². The van der Waals surface area contributed by atoms with Crippen LogP contribution in [0.2, 0.25) is 0 Å². The van der Waals surface area contributed by atoms with Gasteiger partial charge in [-0.25, -0.2) is 13.4 Å². The number of anilines is 2. The molecule has 0 aliphatic carbocycles. The van der Waals surface area contributed by atoms with E-state index in [0.717, 1.165) is 6.26 Å². The molecule has 1 heterocycles. The molecule has 106 valence electrons. The van der Waals surface area contributed by atoms with E-state index in [1.807, 2.05) is 0 Å². The summed E-state index contributed by atoms with van der Waals surface area (Å²) in [7, 11) is -3.05. The van der Waals surface area contributed by atoms with Crippen LogP contribution in [0.5, 0.6) is 0 Å². The van der Waals surface area contributed by atoms with Crippen molar-refractivity contribution >= 4 is 27.3 Å². The number of aromatic nitrogens is 2. The number of nitrogens with one attached hydrogen (secondary N) is 1. The van der Waals surface area contributed by atoms with E-state index in [1.165, 1.54) is 6.92 Å². The molecule has 0 spiro atoms. The van der Waals surface area contributed by atoms with Crippen LogP contribution in [-0.4, -0.2) is 41.9 Å². The van der Waals surface area contributed by atoms with Crippen molar-refractivity contribution in [3.05, 3.63) is 15.8 Å². The summed E-state index contributed by atoms with van der Waals surface area (Å²) in [6.07, 6.45) is 1.45. The number of nitrogen functional groups attached to an aromatic ring is 1. The zero-order valence-corrected chi connectivity index (χ0v) is 11.4. The lowest BCUT2D eigenvalue weighted by Gasteiger charge is -2.07. The lowest BCUT2D eigenvalue weighted by Crippen LogP contribution is -2.13. The van der Waals surface area contributed by atoms with Gasteiger partial charge in [-0.3, -0.25) is 10.1 Å². The van der Waals surface area contributed by atoms with Crippen LogP contribution in [0.15, 0.2) is 0 Å². The van der Waals surface area contributed by atoms with E-state index in [-0.39, 0.29) is 35.4 Å². The topological polar surface area (TPSA) is 141 Å². The molecule has 0 radical (unpaired) electrons. The number of nitrogens with two attached hydrogens (primary N) is 1. The molecule has 0 aliphatic heterocycles. The summed E-state index contributed by atoms with van der Waals surface area (Å²) in [6, 6.07) is 0. The molecule has 1 aromatic rings. The van der Waals surface area contributed by atoms with E-state index >= 15 is 0 Å². The van der Waals surface area contributed by atoms with Crippen LogP contribution in [0, 0.1) is 17.0 Å². The second kappa shape index (κ2) is 5.78. The van der Waals surface area contributed by atoms with E-state index in [0.29, 0.717) is 6.42 Å². The van der Waals surface area contributed by atoms with E-state index in [2.05, 4.69) is 15.3 Å². The van der Waals surface area contributed by atoms with Crippen LogP contribution in [0.4, 0.5) is 17.5 Å². The fourth-order valence-electron chi connectivity index (χ4n) is 1.47. The molecule has 0 amide bonds. The lowest BCUT2D eigenvalue weighted by atomic mass is 10.3. The fourth-order valence-corrected chi connectivity index (χ4v) is 2.14. The van der Waals surface area contributed by atoms with Crippen LogP contribution in [0.3, 0.4) is 0 Å². The molecule has 0 saturated carbocycles. The lowest BCUT2D eigenvalue weighted by molar-refractivity contribution is -0.385. The summed E-state index contributed by atoms with van der Waals surface area (Å²) in [5.74, 6) is -0.0786. The molecule has 0 aliphatic rings. The molecule has 19 heavy (non-hydrogen) atoms. The number of nitrogens with zero attached hydrogens (tertiary/aromatic N) is 3. The predicted octanol–water partition coefficient (Wildman–Crippen LogP) is 0.122. The third-order valence-electron chi connectivity index (χ3n) is 2.24. The van der Waals surface area contributed by atoms with Gasteiger partial charge in [0.2, 0.25) is 11.8 Å². The van der Waals surface area contributed by atoms with Crippen LogP contribution < -0.4 is 11.1 Å². The number of aryl methyl sites for hydroxylation is 1. The van der Waals surface area contributed by atoms with Gasteiger partial charge in [0, 0.05) is 12.8 Å². The van der Waals surface area contributed by atoms with E-state index in [9.17, 15) is 18.5 Å². The zero-order valence-electron chi connectivity index (χ0n) is 10.6. The van der Waals surface area contributed by atoms with E-state index in [4.69, 9.17) is 5.73 Å². The third-order valence-corrected chi connectivity index (χ3v) is 3.27. The Morgan fingerprint density at radius 3 is 2.58 bits per heavy atom. The van der Waals surface area contributed by atoms with Crippen molar-refractivity contribution in [1.29, 1.82) is 0 Å². The van der Waals surface area contributed by atoms with Crippen molar-refractivity contribution in [2.24, 2.45) is 0 Å². The average Bonchev–Trinajstić information content (AvgIpc) is 2.21. The number of nitro groups is 1. The smallest absolute Gasteiger partial charge is 0.332 e. The molecule has 0 fully saturated rings. The quantitative estimate of drug-likeness (QED) is 0.427. The molecule has 9 nitrogen and oxygen atoms in total. The van der Waals surface area contributed by atoms with Crippen LogP contribution in [0.25, 0.3) is 0 Å². The standard InChI is InChI=1S/C9H15N5O4S/c1-6-7(14(15)16)8(13-9(10)12-6)11-4-3-5-19(2,17)18/h3-5H2,1-2H3,(H3,10,11,12,13). The van der Waals surface area contributed by atoms with Gasteiger partial charge in [0.05, 0.1) is 10.7 Å². The van der Waals surface area contributed by atoms with Crippen molar-refractivity contribution in [3.8, 4) is 0 Å². The highest BCUT2D eigenvalue weighted by Gasteiger charge is 2.21. The van der Waals surface area contributed by atoms with Gasteiger partial charge >= 0.3 is 5.69 Å². The average molecular weight is 289 g/mol. The van der Waals surface area contributed by atoms with Gasteiger partial charge in [0.15, 0.2) is 0 Å². The number of sulfone groups is 1. The predicted molar refractivity (Wildman–Crippen MR) is 70.7 cm³/mol. The van der Waals surface area contributed by atoms with Gasteiger partial charge in [0.25, 0.3) is 0 Å². The Morgan fingerprint density at radius 2 is 2.05 bits per heavy atom. The number of rotatable bonds is 6. The highest BCUT2D eigenvalue weighted by Crippen LogP contribution is 2.25. The van der Waals surface area contributed by atoms with Gasteiger partial charge in [-0.1, -0.05) is 0 Å². The molecule has 0 atom stereocenters. The zero-order chi connectivity index (χ0) is 14.6. The summed E-state index contributed by atoms with van der Waals surface area (Å²) >= 11 is 0. The first kappa shape index (κ1) is 15.1. The Kier molecular flexibility index (Phi) is 4.59. The van der Waals surface area contributed by atoms with Crippen LogP contribution >= 0.6 is 0 Å². The number of hydrogen-bond acceptors (Lipinski definition) is 8. The van der Waals surface area contributed by atoms with Crippen molar-refractivity contribution in [3.63, 3.8) is 0 Å². The largest absolute Gasteiger partial charge is 0.368 e. The van der Waals surface area contributed by atoms with Crippen molar-refractivity contribution in [2.75, 3.05) is 29.6 Å². The van der Waals surface area contributed by atoms with E-state index in [1.54, 1.807) is 0 Å². The molecule has 0 bridgehead atoms. The molecule has 10 heteroatoms. The van der Waals surface area contributed by atoms with Crippen molar-refractivity contribution in [1.82, 2.24) is 9.97 Å². The van der Waals surface area contributed by atoms with Gasteiger partial charge in [-0.15, -0.1) is 0 Å². The minimum atomic E-state index is -3.05. The summed E-state index contributed by atoms with van der Waals surface area (Å²) in [6.45, 7) is 1.70. The van der Waals surface area contributed by atoms with E-state index < -0.39 is 14.8 Å². The molecular weight excluding hydrogens is 274 g/mol. The van der Waals surface area contributed by atoms with Gasteiger partial charge in [-0.05, 0) is 13.3 Å². The minimum absolute atomic E-state index is 0.00324. The Hall–Kier alpha value is -1.97. The first-order valence-electron chi connectivity index (χ1n) is 5.41. The molecule has 0 saturated heterocycles. The molecule has 1 rings (SSSR count). The third kappa shape index (κ3) is 4.66. The molecule has 3 N–H and O–H groups in total. The molecule has 0 unspecified atom stereocenters. The Bertz CT molecular complexity index is 587. The normalized spacial score (nSPS) is 11.3. The maximum absolute atomic E-state index is 10.9. The summed E-state index contributed by atoms with van der Waals surface area (Å²) in [5.41, 5.74) is 5.32. The first-order valence-corrected chi connectivity index (χ1v) is 7.47. The maximum atomic E-state index is 10.9. The summed E-state index contributed by atoms with van der Waals surface area (Å²) < 4.78 is 21.9. The van der Waals surface area contributed by atoms with Gasteiger partial charge in [0.1, 0.15) is 15.5 Å². The SMILES string of the molecule is Cc1nc(N)nc(NCCCS(C)(=O)=O)c1[N+](=O)[O-]. The summed E-state index contributed by atoms with van der Waals surface area (Å²) in [5, 5.41) is 13.6. The maximum Gasteiger partial charge on any atom is 0.332 e. The summed E-state index contributed by atoms with van der Waals surface area (Å²) in [4.78, 5) is 17.8.